The van der Waals surface area contributed by atoms with Crippen molar-refractivity contribution in [3.8, 4) is 11.1 Å². The quantitative estimate of drug-likeness (QED) is 0.436. The minimum atomic E-state index is -0.767. The Kier molecular flexibility index (Phi) is 5.66. The first-order valence-electron chi connectivity index (χ1n) is 9.50. The number of carbonyl (C=O) groups excluding carboxylic acids is 1. The zero-order chi connectivity index (χ0) is 21.8. The summed E-state index contributed by atoms with van der Waals surface area (Å²) < 4.78 is 26.7. The number of nitrogens with one attached hydrogen (secondary N) is 2. The summed E-state index contributed by atoms with van der Waals surface area (Å²) in [5.41, 5.74) is 4.03. The number of hydrogen-bond donors (Lipinski definition) is 2. The second kappa shape index (κ2) is 8.71. The van der Waals surface area contributed by atoms with Crippen molar-refractivity contribution in [1.82, 2.24) is 9.97 Å². The lowest BCUT2D eigenvalue weighted by molar-refractivity contribution is 0.102. The van der Waals surface area contributed by atoms with Crippen LogP contribution in [0.1, 0.15) is 15.9 Å². The van der Waals surface area contributed by atoms with Gasteiger partial charge in [0.2, 0.25) is 5.95 Å². The Bertz CT molecular complexity index is 1210. The van der Waals surface area contributed by atoms with Crippen LogP contribution >= 0.6 is 0 Å². The third-order valence-corrected chi connectivity index (χ3v) is 4.54. The summed E-state index contributed by atoms with van der Waals surface area (Å²) in [6.07, 6.45) is 3.43. The van der Waals surface area contributed by atoms with Gasteiger partial charge in [0.25, 0.3) is 5.91 Å². The Hall–Kier alpha value is -4.13. The maximum Gasteiger partial charge on any atom is 0.255 e. The van der Waals surface area contributed by atoms with Crippen molar-refractivity contribution in [2.24, 2.45) is 0 Å². The van der Waals surface area contributed by atoms with Gasteiger partial charge in [0.1, 0.15) is 11.6 Å². The number of hydrogen-bond acceptors (Lipinski definition) is 4. The molecule has 0 aliphatic heterocycles. The first kappa shape index (κ1) is 20.2. The van der Waals surface area contributed by atoms with Crippen LogP contribution in [0.3, 0.4) is 0 Å². The van der Waals surface area contributed by atoms with Gasteiger partial charge < -0.3 is 10.6 Å². The van der Waals surface area contributed by atoms with Crippen molar-refractivity contribution in [2.75, 3.05) is 10.6 Å². The maximum atomic E-state index is 13.3. The molecule has 0 spiro atoms. The van der Waals surface area contributed by atoms with E-state index in [1.165, 1.54) is 5.56 Å². The number of amides is 1. The number of aryl methyl sites for hydroxylation is 1. The number of benzene rings is 3. The van der Waals surface area contributed by atoms with Crippen LogP contribution in [0, 0.1) is 18.6 Å². The average molecular weight is 416 g/mol. The largest absolute Gasteiger partial charge is 0.324 e. The summed E-state index contributed by atoms with van der Waals surface area (Å²) in [4.78, 5) is 21.1. The zero-order valence-corrected chi connectivity index (χ0v) is 16.6. The number of aromatic nitrogens is 2. The Labute approximate surface area is 177 Å². The second-order valence-electron chi connectivity index (χ2n) is 6.98. The monoisotopic (exact) mass is 416 g/mol. The summed E-state index contributed by atoms with van der Waals surface area (Å²) >= 11 is 0. The minimum absolute atomic E-state index is 0.0379. The number of anilines is 3. The normalized spacial score (nSPS) is 10.5. The van der Waals surface area contributed by atoms with Crippen LogP contribution in [-0.4, -0.2) is 15.9 Å². The molecule has 31 heavy (non-hydrogen) atoms. The van der Waals surface area contributed by atoms with Crippen molar-refractivity contribution < 1.29 is 13.6 Å². The summed E-state index contributed by atoms with van der Waals surface area (Å²) in [5.74, 6) is -1.65. The highest BCUT2D eigenvalue weighted by Crippen LogP contribution is 2.21. The molecule has 0 radical (unpaired) electrons. The van der Waals surface area contributed by atoms with Crippen LogP contribution < -0.4 is 10.6 Å². The van der Waals surface area contributed by atoms with Crippen LogP contribution in [0.5, 0.6) is 0 Å². The summed E-state index contributed by atoms with van der Waals surface area (Å²) in [7, 11) is 0. The van der Waals surface area contributed by atoms with Gasteiger partial charge in [-0.1, -0.05) is 35.9 Å². The molecule has 4 aromatic rings. The first-order chi connectivity index (χ1) is 15.0. The van der Waals surface area contributed by atoms with Gasteiger partial charge in [0, 0.05) is 41.0 Å². The smallest absolute Gasteiger partial charge is 0.255 e. The third-order valence-electron chi connectivity index (χ3n) is 4.54. The number of nitrogens with zero attached hydrogens (tertiary/aromatic N) is 2. The molecule has 0 bridgehead atoms. The topological polar surface area (TPSA) is 66.9 Å². The van der Waals surface area contributed by atoms with Crippen molar-refractivity contribution in [2.45, 2.75) is 6.92 Å². The van der Waals surface area contributed by atoms with Gasteiger partial charge in [0.15, 0.2) is 0 Å². The van der Waals surface area contributed by atoms with E-state index in [4.69, 9.17) is 0 Å². The van der Waals surface area contributed by atoms with Gasteiger partial charge in [-0.3, -0.25) is 4.79 Å². The predicted molar refractivity (Wildman–Crippen MR) is 116 cm³/mol. The molecule has 4 rings (SSSR count). The van der Waals surface area contributed by atoms with Gasteiger partial charge in [-0.2, -0.15) is 0 Å². The Morgan fingerprint density at radius 3 is 2.16 bits per heavy atom. The van der Waals surface area contributed by atoms with E-state index in [-0.39, 0.29) is 5.69 Å². The molecule has 0 fully saturated rings. The molecule has 1 heterocycles. The molecule has 5 nitrogen and oxygen atoms in total. The number of halogens is 2. The summed E-state index contributed by atoms with van der Waals surface area (Å²) in [6.45, 7) is 2.03. The van der Waals surface area contributed by atoms with Crippen LogP contribution in [-0.2, 0) is 0 Å². The molecule has 1 amide bonds. The van der Waals surface area contributed by atoms with Gasteiger partial charge in [-0.25, -0.2) is 18.7 Å². The molecule has 2 N–H and O–H groups in total. The Morgan fingerprint density at radius 2 is 1.48 bits per heavy atom. The highest BCUT2D eigenvalue weighted by molar-refractivity contribution is 6.04. The lowest BCUT2D eigenvalue weighted by Gasteiger charge is -2.09. The van der Waals surface area contributed by atoms with E-state index in [0.717, 1.165) is 29.3 Å². The van der Waals surface area contributed by atoms with Crippen LogP contribution in [0.4, 0.5) is 26.1 Å². The van der Waals surface area contributed by atoms with Crippen LogP contribution in [0.25, 0.3) is 11.1 Å². The summed E-state index contributed by atoms with van der Waals surface area (Å²) in [6, 6.07) is 17.5. The van der Waals surface area contributed by atoms with Crippen molar-refractivity contribution in [3.63, 3.8) is 0 Å². The van der Waals surface area contributed by atoms with Crippen molar-refractivity contribution in [3.05, 3.63) is 102 Å². The van der Waals surface area contributed by atoms with E-state index in [9.17, 15) is 13.6 Å². The lowest BCUT2D eigenvalue weighted by atomic mass is 10.1. The van der Waals surface area contributed by atoms with E-state index >= 15 is 0 Å². The Balaban J connectivity index is 1.46. The molecule has 3 aromatic carbocycles. The molecule has 0 saturated heterocycles. The van der Waals surface area contributed by atoms with Crippen molar-refractivity contribution in [1.29, 1.82) is 0 Å². The fourth-order valence-electron chi connectivity index (χ4n) is 2.98. The first-order valence-corrected chi connectivity index (χ1v) is 9.50. The average Bonchev–Trinajstić information content (AvgIpc) is 2.74. The van der Waals surface area contributed by atoms with E-state index in [2.05, 4.69) is 20.6 Å². The highest BCUT2D eigenvalue weighted by Gasteiger charge is 2.10. The fraction of sp³-hybridized carbons (Fsp3) is 0.0417. The van der Waals surface area contributed by atoms with Gasteiger partial charge in [0.05, 0.1) is 0 Å². The molecular formula is C24H18F2N4O. The van der Waals surface area contributed by atoms with E-state index in [0.29, 0.717) is 17.2 Å². The fourth-order valence-corrected chi connectivity index (χ4v) is 2.98. The molecule has 7 heteroatoms. The molecule has 0 aliphatic carbocycles. The molecular weight excluding hydrogens is 398 g/mol. The van der Waals surface area contributed by atoms with Gasteiger partial charge >= 0.3 is 0 Å². The predicted octanol–water partition coefficient (Wildman–Crippen LogP) is 5.73. The molecule has 0 atom stereocenters. The molecule has 0 unspecified atom stereocenters. The molecule has 0 aliphatic rings. The second-order valence-corrected chi connectivity index (χ2v) is 6.98. The van der Waals surface area contributed by atoms with Gasteiger partial charge in [-0.15, -0.1) is 0 Å². The SMILES string of the molecule is Cc1ccc(-c2cnc(Nc3cccc(C(=O)Nc4cc(F)cc(F)c4)c3)nc2)cc1. The lowest BCUT2D eigenvalue weighted by Crippen LogP contribution is -2.12. The maximum absolute atomic E-state index is 13.3. The van der Waals surface area contributed by atoms with Crippen LogP contribution in [0.15, 0.2) is 79.1 Å². The zero-order valence-electron chi connectivity index (χ0n) is 16.6. The molecule has 1 aromatic heterocycles. The van der Waals surface area contributed by atoms with Gasteiger partial charge in [-0.05, 0) is 42.8 Å². The third kappa shape index (κ3) is 5.08. The minimum Gasteiger partial charge on any atom is -0.324 e. The Morgan fingerprint density at radius 1 is 0.806 bits per heavy atom. The molecule has 0 saturated carbocycles. The van der Waals surface area contributed by atoms with Crippen LogP contribution in [0.2, 0.25) is 0 Å². The van der Waals surface area contributed by atoms with E-state index < -0.39 is 17.5 Å². The molecule has 154 valence electrons. The highest BCUT2D eigenvalue weighted by atomic mass is 19.1. The number of carbonyl (C=O) groups is 1. The van der Waals surface area contributed by atoms with E-state index in [1.807, 2.05) is 31.2 Å². The van der Waals surface area contributed by atoms with E-state index in [1.54, 1.807) is 36.7 Å². The summed E-state index contributed by atoms with van der Waals surface area (Å²) in [5, 5.41) is 5.53. The standard InChI is InChI=1S/C24H18F2N4O/c1-15-5-7-16(8-6-15)18-13-27-24(28-14-18)30-21-4-2-3-17(9-21)23(31)29-22-11-19(25)10-20(26)12-22/h2-14H,1H3,(H,29,31)(H,27,28,30). The number of rotatable bonds is 5. The van der Waals surface area contributed by atoms with Crippen molar-refractivity contribution >= 4 is 23.2 Å².